The molecular weight excluding hydrogens is 332 g/mol. The van der Waals surface area contributed by atoms with E-state index < -0.39 is 11.5 Å². The Bertz CT molecular complexity index is 973. The third-order valence-electron chi connectivity index (χ3n) is 4.06. The molecule has 0 aliphatic carbocycles. The van der Waals surface area contributed by atoms with Crippen LogP contribution in [-0.4, -0.2) is 33.0 Å². The molecule has 0 saturated heterocycles. The molecular formula is C19H20N4O3. The number of nitrogens with zero attached hydrogens (tertiary/aromatic N) is 3. The molecule has 26 heavy (non-hydrogen) atoms. The quantitative estimate of drug-likeness (QED) is 0.762. The molecule has 0 saturated carbocycles. The first-order valence-corrected chi connectivity index (χ1v) is 8.34. The van der Waals surface area contributed by atoms with E-state index in [-0.39, 0.29) is 12.1 Å². The van der Waals surface area contributed by atoms with Crippen molar-refractivity contribution in [2.45, 2.75) is 26.8 Å². The fourth-order valence-corrected chi connectivity index (χ4v) is 2.51. The summed E-state index contributed by atoms with van der Waals surface area (Å²) in [4.78, 5) is 33.2. The average Bonchev–Trinajstić information content (AvgIpc) is 3.09. The van der Waals surface area contributed by atoms with Gasteiger partial charge in [-0.05, 0) is 13.3 Å². The lowest BCUT2D eigenvalue weighted by Crippen LogP contribution is -2.31. The fraction of sp³-hybridized carbons (Fsp3) is 0.263. The Morgan fingerprint density at radius 2 is 2.00 bits per heavy atom. The van der Waals surface area contributed by atoms with Gasteiger partial charge >= 0.3 is 0 Å². The minimum atomic E-state index is -0.473. The van der Waals surface area contributed by atoms with Gasteiger partial charge in [-0.2, -0.15) is 0 Å². The summed E-state index contributed by atoms with van der Waals surface area (Å²) in [6, 6.07) is 9.41. The Morgan fingerprint density at radius 3 is 2.62 bits per heavy atom. The number of carbonyl (C=O) groups is 1. The smallest absolute Gasteiger partial charge is 0.264 e. The molecule has 0 radical (unpaired) electrons. The van der Waals surface area contributed by atoms with Crippen molar-refractivity contribution in [2.24, 2.45) is 0 Å². The molecule has 1 aromatic carbocycles. The Morgan fingerprint density at radius 1 is 1.27 bits per heavy atom. The summed E-state index contributed by atoms with van der Waals surface area (Å²) in [6.07, 6.45) is 2.07. The second-order valence-corrected chi connectivity index (χ2v) is 6.14. The predicted octanol–water partition coefficient (Wildman–Crippen LogP) is 2.57. The zero-order valence-corrected chi connectivity index (χ0v) is 14.9. The van der Waals surface area contributed by atoms with E-state index in [0.717, 1.165) is 23.2 Å². The lowest BCUT2D eigenvalue weighted by Gasteiger charge is -2.14. The van der Waals surface area contributed by atoms with Gasteiger partial charge in [-0.3, -0.25) is 9.59 Å². The molecule has 134 valence electrons. The van der Waals surface area contributed by atoms with E-state index in [4.69, 9.17) is 4.52 Å². The molecule has 0 aliphatic rings. The number of aromatic nitrogens is 3. The maximum absolute atomic E-state index is 12.5. The zero-order chi connectivity index (χ0) is 18.7. The summed E-state index contributed by atoms with van der Waals surface area (Å²) in [5.74, 6) is 0.569. The highest BCUT2D eigenvalue weighted by molar-refractivity contribution is 5.93. The monoisotopic (exact) mass is 352 g/mol. The topological polar surface area (TPSA) is 92.1 Å². The van der Waals surface area contributed by atoms with Crippen LogP contribution in [0.4, 0.5) is 0 Å². The minimum absolute atomic E-state index is 0.0152. The van der Waals surface area contributed by atoms with Crippen LogP contribution in [0, 0.1) is 6.92 Å². The Kier molecular flexibility index (Phi) is 4.97. The van der Waals surface area contributed by atoms with Gasteiger partial charge in [0.2, 0.25) is 0 Å². The number of carbonyl (C=O) groups excluding carboxylic acids is 1. The third kappa shape index (κ3) is 3.72. The van der Waals surface area contributed by atoms with Crippen molar-refractivity contribution >= 4 is 5.91 Å². The lowest BCUT2D eigenvalue weighted by molar-refractivity contribution is 0.0770. The fourth-order valence-electron chi connectivity index (χ4n) is 2.51. The number of aromatic amines is 1. The van der Waals surface area contributed by atoms with E-state index in [1.165, 1.54) is 11.1 Å². The van der Waals surface area contributed by atoms with E-state index in [9.17, 15) is 9.59 Å². The highest BCUT2D eigenvalue weighted by Crippen LogP contribution is 2.14. The van der Waals surface area contributed by atoms with Crippen molar-refractivity contribution in [1.29, 1.82) is 0 Å². The molecule has 1 N–H and O–H groups in total. The first-order chi connectivity index (χ1) is 12.5. The van der Waals surface area contributed by atoms with E-state index in [2.05, 4.69) is 15.1 Å². The van der Waals surface area contributed by atoms with Gasteiger partial charge in [0.1, 0.15) is 11.4 Å². The normalized spacial score (nSPS) is 10.7. The molecule has 0 bridgehead atoms. The van der Waals surface area contributed by atoms with Crippen LogP contribution in [-0.2, 0) is 13.0 Å². The zero-order valence-electron chi connectivity index (χ0n) is 14.9. The molecule has 0 spiro atoms. The molecule has 3 aromatic rings. The van der Waals surface area contributed by atoms with Crippen molar-refractivity contribution in [2.75, 3.05) is 7.05 Å². The van der Waals surface area contributed by atoms with Crippen molar-refractivity contribution in [1.82, 2.24) is 20.0 Å². The first-order valence-electron chi connectivity index (χ1n) is 8.34. The number of aryl methyl sites for hydroxylation is 2. The van der Waals surface area contributed by atoms with Crippen molar-refractivity contribution < 1.29 is 9.32 Å². The first kappa shape index (κ1) is 17.6. The summed E-state index contributed by atoms with van der Waals surface area (Å²) in [5, 5.41) is 3.90. The summed E-state index contributed by atoms with van der Waals surface area (Å²) in [5.41, 5.74) is 2.23. The van der Waals surface area contributed by atoms with E-state index in [0.29, 0.717) is 11.6 Å². The Hall–Kier alpha value is -3.22. The summed E-state index contributed by atoms with van der Waals surface area (Å²) >= 11 is 0. The largest absolute Gasteiger partial charge is 0.359 e. The maximum Gasteiger partial charge on any atom is 0.264 e. The van der Waals surface area contributed by atoms with Crippen LogP contribution in [0.1, 0.15) is 34.3 Å². The van der Waals surface area contributed by atoms with Crippen LogP contribution < -0.4 is 5.56 Å². The predicted molar refractivity (Wildman–Crippen MR) is 96.7 cm³/mol. The van der Waals surface area contributed by atoms with Gasteiger partial charge in [-0.15, -0.1) is 0 Å². The van der Waals surface area contributed by atoms with Crippen LogP contribution in [0.25, 0.3) is 11.4 Å². The molecule has 0 atom stereocenters. The number of amides is 1. The van der Waals surface area contributed by atoms with Crippen molar-refractivity contribution in [3.63, 3.8) is 0 Å². The summed E-state index contributed by atoms with van der Waals surface area (Å²) in [7, 11) is 1.60. The van der Waals surface area contributed by atoms with Crippen LogP contribution in [0.3, 0.4) is 0 Å². The molecule has 0 unspecified atom stereocenters. The molecule has 2 heterocycles. The lowest BCUT2D eigenvalue weighted by atomic mass is 10.1. The average molecular weight is 352 g/mol. The van der Waals surface area contributed by atoms with Gasteiger partial charge < -0.3 is 14.4 Å². The molecule has 3 rings (SSSR count). The second-order valence-electron chi connectivity index (χ2n) is 6.14. The molecule has 7 heteroatoms. The van der Waals surface area contributed by atoms with Gasteiger partial charge in [0.25, 0.3) is 11.5 Å². The number of rotatable bonds is 5. The standard InChI is InChI=1S/C19H20N4O3/c1-4-14-9-15(26-22-14)11-23(3)19(25)16-10-20-17(21-18(16)24)13-7-5-12(2)6-8-13/h5-10H,4,11H2,1-3H3,(H,20,21,24). The molecule has 0 fully saturated rings. The summed E-state index contributed by atoms with van der Waals surface area (Å²) in [6.45, 7) is 4.18. The molecule has 7 nitrogen and oxygen atoms in total. The number of hydrogen-bond donors (Lipinski definition) is 1. The number of benzene rings is 1. The van der Waals surface area contributed by atoms with Gasteiger partial charge in [0, 0.05) is 24.9 Å². The third-order valence-corrected chi connectivity index (χ3v) is 4.06. The summed E-state index contributed by atoms with van der Waals surface area (Å²) < 4.78 is 5.18. The molecule has 2 aromatic heterocycles. The van der Waals surface area contributed by atoms with Crippen molar-refractivity contribution in [3.05, 3.63) is 69.5 Å². The SMILES string of the molecule is CCc1cc(CN(C)C(=O)c2cnc(-c3ccc(C)cc3)[nH]c2=O)on1. The number of H-pyrrole nitrogens is 1. The van der Waals surface area contributed by atoms with Gasteiger partial charge in [0.15, 0.2) is 5.76 Å². The highest BCUT2D eigenvalue weighted by Gasteiger charge is 2.18. The van der Waals surface area contributed by atoms with Crippen molar-refractivity contribution in [3.8, 4) is 11.4 Å². The number of hydrogen-bond acceptors (Lipinski definition) is 5. The van der Waals surface area contributed by atoms with Crippen LogP contribution >= 0.6 is 0 Å². The van der Waals surface area contributed by atoms with E-state index in [1.54, 1.807) is 13.1 Å². The Labute approximate surface area is 150 Å². The number of nitrogens with one attached hydrogen (secondary N) is 1. The maximum atomic E-state index is 12.5. The Balaban J connectivity index is 1.78. The van der Waals surface area contributed by atoms with Crippen LogP contribution in [0.2, 0.25) is 0 Å². The van der Waals surface area contributed by atoms with Gasteiger partial charge in [-0.1, -0.05) is 41.9 Å². The molecule has 1 amide bonds. The van der Waals surface area contributed by atoms with Crippen LogP contribution in [0.5, 0.6) is 0 Å². The second kappa shape index (κ2) is 7.35. The molecule has 0 aliphatic heterocycles. The van der Waals surface area contributed by atoms with Crippen LogP contribution in [0.15, 0.2) is 45.8 Å². The highest BCUT2D eigenvalue weighted by atomic mass is 16.5. The minimum Gasteiger partial charge on any atom is -0.359 e. The van der Waals surface area contributed by atoms with Gasteiger partial charge in [0.05, 0.1) is 12.2 Å². The van der Waals surface area contributed by atoms with Gasteiger partial charge in [-0.25, -0.2) is 4.98 Å². The van der Waals surface area contributed by atoms with E-state index >= 15 is 0 Å². The van der Waals surface area contributed by atoms with E-state index in [1.807, 2.05) is 38.1 Å².